The molecule has 0 saturated carbocycles. The summed E-state index contributed by atoms with van der Waals surface area (Å²) in [6, 6.07) is 7.78. The molecule has 0 aliphatic rings. The van der Waals surface area contributed by atoms with Gasteiger partial charge >= 0.3 is 6.09 Å². The van der Waals surface area contributed by atoms with Gasteiger partial charge in [-0.1, -0.05) is 35.0 Å². The zero-order valence-electron chi connectivity index (χ0n) is 11.0. The third kappa shape index (κ3) is 4.09. The van der Waals surface area contributed by atoms with Gasteiger partial charge in [-0.15, -0.1) is 0 Å². The van der Waals surface area contributed by atoms with Crippen molar-refractivity contribution in [1.82, 2.24) is 10.3 Å². The number of carboxylic acid groups (broad SMARTS) is 1. The van der Waals surface area contributed by atoms with Gasteiger partial charge in [0.15, 0.2) is 11.7 Å². The average Bonchev–Trinajstić information content (AvgIpc) is 2.85. The molecule has 5 nitrogen and oxygen atoms in total. The number of hydrogen-bond donors (Lipinski definition) is 2. The summed E-state index contributed by atoms with van der Waals surface area (Å²) in [7, 11) is 0. The van der Waals surface area contributed by atoms with E-state index in [9.17, 15) is 4.79 Å². The Bertz CT molecular complexity index is 580. The summed E-state index contributed by atoms with van der Waals surface area (Å²) in [6.45, 7) is 2.32. The summed E-state index contributed by atoms with van der Waals surface area (Å²) >= 11 is 3.38. The Morgan fingerprint density at radius 3 is 2.80 bits per heavy atom. The van der Waals surface area contributed by atoms with Gasteiger partial charge < -0.3 is 14.8 Å². The molecule has 2 N–H and O–H groups in total. The van der Waals surface area contributed by atoms with Crippen molar-refractivity contribution in [3.63, 3.8) is 0 Å². The van der Waals surface area contributed by atoms with E-state index in [-0.39, 0.29) is 5.92 Å². The number of hydrogen-bond acceptors (Lipinski definition) is 3. The SMILES string of the molecule is CC(CNC(=O)O)Cc1ncc(-c2ccc(Br)cc2)o1. The molecule has 1 heterocycles. The Labute approximate surface area is 125 Å². The summed E-state index contributed by atoms with van der Waals surface area (Å²) in [4.78, 5) is 14.6. The number of nitrogens with one attached hydrogen (secondary N) is 1. The van der Waals surface area contributed by atoms with Crippen LogP contribution in [-0.4, -0.2) is 22.7 Å². The molecule has 20 heavy (non-hydrogen) atoms. The minimum Gasteiger partial charge on any atom is -0.465 e. The number of benzene rings is 1. The van der Waals surface area contributed by atoms with Gasteiger partial charge in [0, 0.05) is 23.0 Å². The predicted molar refractivity (Wildman–Crippen MR) is 78.5 cm³/mol. The quantitative estimate of drug-likeness (QED) is 0.874. The normalized spacial score (nSPS) is 12.1. The second-order valence-corrected chi connectivity index (χ2v) is 5.54. The molecule has 0 radical (unpaired) electrons. The molecule has 1 aromatic heterocycles. The topological polar surface area (TPSA) is 75.4 Å². The van der Waals surface area contributed by atoms with E-state index in [4.69, 9.17) is 9.52 Å². The standard InChI is InChI=1S/C14H15BrN2O3/c1-9(7-17-14(18)19)6-13-16-8-12(20-13)10-2-4-11(15)5-3-10/h2-5,8-9,17H,6-7H2,1H3,(H,18,19). The summed E-state index contributed by atoms with van der Waals surface area (Å²) in [6.07, 6.45) is 1.27. The number of aromatic nitrogens is 1. The van der Waals surface area contributed by atoms with Gasteiger partial charge in [-0.3, -0.25) is 0 Å². The number of rotatable bonds is 5. The van der Waals surface area contributed by atoms with Crippen LogP contribution >= 0.6 is 15.9 Å². The van der Waals surface area contributed by atoms with Crippen LogP contribution in [0.1, 0.15) is 12.8 Å². The molecule has 2 aromatic rings. The van der Waals surface area contributed by atoms with E-state index in [0.717, 1.165) is 10.0 Å². The molecular weight excluding hydrogens is 324 g/mol. The fourth-order valence-electron chi connectivity index (χ4n) is 1.78. The van der Waals surface area contributed by atoms with Gasteiger partial charge in [0.1, 0.15) is 0 Å². The van der Waals surface area contributed by atoms with Crippen LogP contribution in [0.2, 0.25) is 0 Å². The first-order valence-electron chi connectivity index (χ1n) is 6.22. The van der Waals surface area contributed by atoms with Gasteiger partial charge in [-0.2, -0.15) is 0 Å². The van der Waals surface area contributed by atoms with Crippen LogP contribution in [0.15, 0.2) is 39.4 Å². The Balaban J connectivity index is 1.98. The van der Waals surface area contributed by atoms with Gasteiger partial charge in [0.05, 0.1) is 6.20 Å². The minimum atomic E-state index is -1.01. The molecule has 0 aliphatic heterocycles. The molecule has 1 unspecified atom stereocenters. The van der Waals surface area contributed by atoms with Crippen LogP contribution < -0.4 is 5.32 Å². The average molecular weight is 339 g/mol. The number of oxazole rings is 1. The van der Waals surface area contributed by atoms with Crippen molar-refractivity contribution in [3.05, 3.63) is 40.8 Å². The molecule has 1 atom stereocenters. The zero-order chi connectivity index (χ0) is 14.5. The largest absolute Gasteiger partial charge is 0.465 e. The smallest absolute Gasteiger partial charge is 0.404 e. The fourth-order valence-corrected chi connectivity index (χ4v) is 2.05. The van der Waals surface area contributed by atoms with E-state index < -0.39 is 6.09 Å². The third-order valence-electron chi connectivity index (χ3n) is 2.81. The van der Waals surface area contributed by atoms with Crippen LogP contribution in [0.4, 0.5) is 4.79 Å². The van der Waals surface area contributed by atoms with Crippen LogP contribution in [0.3, 0.4) is 0 Å². The van der Waals surface area contributed by atoms with Gasteiger partial charge in [-0.05, 0) is 18.1 Å². The summed E-state index contributed by atoms with van der Waals surface area (Å²) < 4.78 is 6.69. The van der Waals surface area contributed by atoms with Gasteiger partial charge in [0.2, 0.25) is 0 Å². The highest BCUT2D eigenvalue weighted by Crippen LogP contribution is 2.23. The maximum Gasteiger partial charge on any atom is 0.404 e. The molecule has 0 aliphatic carbocycles. The van der Waals surface area contributed by atoms with Gasteiger partial charge in [-0.25, -0.2) is 9.78 Å². The molecule has 6 heteroatoms. The maximum atomic E-state index is 10.4. The molecule has 0 spiro atoms. The molecule has 106 valence electrons. The van der Waals surface area contributed by atoms with E-state index in [2.05, 4.69) is 26.2 Å². The fraction of sp³-hybridized carbons (Fsp3) is 0.286. The first-order valence-corrected chi connectivity index (χ1v) is 7.01. The molecule has 1 aromatic carbocycles. The van der Waals surface area contributed by atoms with Crippen molar-refractivity contribution < 1.29 is 14.3 Å². The molecule has 2 rings (SSSR count). The van der Waals surface area contributed by atoms with Crippen molar-refractivity contribution in [2.45, 2.75) is 13.3 Å². The molecule has 0 bridgehead atoms. The van der Waals surface area contributed by atoms with Crippen molar-refractivity contribution in [2.24, 2.45) is 5.92 Å². The summed E-state index contributed by atoms with van der Waals surface area (Å²) in [5, 5.41) is 10.9. The Hall–Kier alpha value is -1.82. The number of carbonyl (C=O) groups is 1. The second kappa shape index (κ2) is 6.56. The summed E-state index contributed by atoms with van der Waals surface area (Å²) in [5.41, 5.74) is 0.961. The molecule has 0 fully saturated rings. The predicted octanol–water partition coefficient (Wildman–Crippen LogP) is 3.55. The minimum absolute atomic E-state index is 0.127. The van der Waals surface area contributed by atoms with E-state index >= 15 is 0 Å². The molecular formula is C14H15BrN2O3. The highest BCUT2D eigenvalue weighted by atomic mass is 79.9. The maximum absolute atomic E-state index is 10.4. The number of halogens is 1. The number of amides is 1. The van der Waals surface area contributed by atoms with Crippen LogP contribution in [0.5, 0.6) is 0 Å². The number of nitrogens with zero attached hydrogens (tertiary/aromatic N) is 1. The third-order valence-corrected chi connectivity index (χ3v) is 3.34. The van der Waals surface area contributed by atoms with Crippen LogP contribution in [0.25, 0.3) is 11.3 Å². The molecule has 1 amide bonds. The highest BCUT2D eigenvalue weighted by molar-refractivity contribution is 9.10. The summed E-state index contributed by atoms with van der Waals surface area (Å²) in [5.74, 6) is 1.45. The lowest BCUT2D eigenvalue weighted by Gasteiger charge is -2.08. The van der Waals surface area contributed by atoms with Crippen LogP contribution in [0, 0.1) is 5.92 Å². The van der Waals surface area contributed by atoms with Crippen molar-refractivity contribution in [2.75, 3.05) is 6.54 Å². The van der Waals surface area contributed by atoms with Crippen molar-refractivity contribution in [3.8, 4) is 11.3 Å². The van der Waals surface area contributed by atoms with Crippen molar-refractivity contribution in [1.29, 1.82) is 0 Å². The van der Waals surface area contributed by atoms with Crippen LogP contribution in [-0.2, 0) is 6.42 Å². The lowest BCUT2D eigenvalue weighted by molar-refractivity contribution is 0.192. The first kappa shape index (κ1) is 14.6. The lowest BCUT2D eigenvalue weighted by atomic mass is 10.1. The lowest BCUT2D eigenvalue weighted by Crippen LogP contribution is -2.27. The van der Waals surface area contributed by atoms with Gasteiger partial charge in [0.25, 0.3) is 0 Å². The monoisotopic (exact) mass is 338 g/mol. The zero-order valence-corrected chi connectivity index (χ0v) is 12.6. The van der Waals surface area contributed by atoms with E-state index in [0.29, 0.717) is 24.6 Å². The van der Waals surface area contributed by atoms with E-state index in [1.54, 1.807) is 6.20 Å². The Morgan fingerprint density at radius 2 is 2.15 bits per heavy atom. The Morgan fingerprint density at radius 1 is 1.45 bits per heavy atom. The Kier molecular flexibility index (Phi) is 4.79. The first-order chi connectivity index (χ1) is 9.54. The highest BCUT2D eigenvalue weighted by Gasteiger charge is 2.11. The van der Waals surface area contributed by atoms with E-state index in [1.165, 1.54) is 0 Å². The van der Waals surface area contributed by atoms with E-state index in [1.807, 2.05) is 31.2 Å². The second-order valence-electron chi connectivity index (χ2n) is 4.62. The molecule has 0 saturated heterocycles. The van der Waals surface area contributed by atoms with Crippen molar-refractivity contribution >= 4 is 22.0 Å².